The number of hydrogen-bond acceptors (Lipinski definition) is 6. The molecule has 1 aromatic heterocycles. The third-order valence-electron chi connectivity index (χ3n) is 3.94. The smallest absolute Gasteiger partial charge is 0.183 e. The molecule has 0 amide bonds. The number of carbonyl (C=O) groups excluding carboxylic acids is 1. The number of thiophene rings is 1. The van der Waals surface area contributed by atoms with E-state index in [0.717, 1.165) is 24.2 Å². The van der Waals surface area contributed by atoms with Crippen molar-refractivity contribution >= 4 is 37.6 Å². The number of sulfone groups is 1. The van der Waals surface area contributed by atoms with Gasteiger partial charge in [0.25, 0.3) is 0 Å². The van der Waals surface area contributed by atoms with Gasteiger partial charge in [0.1, 0.15) is 9.90 Å². The molecule has 0 bridgehead atoms. The summed E-state index contributed by atoms with van der Waals surface area (Å²) in [7, 11) is -3.48. The first-order chi connectivity index (χ1) is 9.60. The van der Waals surface area contributed by atoms with Gasteiger partial charge in [-0.15, -0.1) is 11.3 Å². The van der Waals surface area contributed by atoms with Crippen molar-refractivity contribution in [1.29, 1.82) is 0 Å². The summed E-state index contributed by atoms with van der Waals surface area (Å²) >= 11 is 1.14. The van der Waals surface area contributed by atoms with Crippen LogP contribution in [-0.4, -0.2) is 25.5 Å². The van der Waals surface area contributed by atoms with Crippen molar-refractivity contribution in [2.75, 3.05) is 16.8 Å². The lowest BCUT2D eigenvalue weighted by molar-refractivity contribution is 0.102. The third kappa shape index (κ3) is 3.08. The molecule has 118 valence electrons. The lowest BCUT2D eigenvalue weighted by Gasteiger charge is -2.27. The Kier molecular flexibility index (Phi) is 4.10. The Morgan fingerprint density at radius 3 is 2.43 bits per heavy atom. The fourth-order valence-electron chi connectivity index (χ4n) is 2.43. The number of nitrogens with two attached hydrogens (primary N) is 1. The van der Waals surface area contributed by atoms with Crippen LogP contribution in [0, 0.1) is 5.92 Å². The maximum absolute atomic E-state index is 12.3. The zero-order valence-corrected chi connectivity index (χ0v) is 14.5. The minimum atomic E-state index is -3.48. The molecule has 0 aliphatic heterocycles. The zero-order chi connectivity index (χ0) is 16.0. The van der Waals surface area contributed by atoms with Gasteiger partial charge in [-0.3, -0.25) is 4.79 Å². The quantitative estimate of drug-likeness (QED) is 0.783. The van der Waals surface area contributed by atoms with Crippen LogP contribution in [0.4, 0.5) is 10.7 Å². The van der Waals surface area contributed by atoms with Crippen LogP contribution >= 0.6 is 11.3 Å². The van der Waals surface area contributed by atoms with Crippen LogP contribution in [0.1, 0.15) is 50.2 Å². The van der Waals surface area contributed by atoms with Gasteiger partial charge >= 0.3 is 0 Å². The summed E-state index contributed by atoms with van der Waals surface area (Å²) in [5.41, 5.74) is 5.83. The molecule has 0 aromatic carbocycles. The fraction of sp³-hybridized carbons (Fsp3) is 0.643. The maximum Gasteiger partial charge on any atom is 0.183 e. The molecule has 1 heterocycles. The molecule has 0 spiro atoms. The molecule has 3 N–H and O–H groups in total. The van der Waals surface area contributed by atoms with E-state index in [1.54, 1.807) is 6.92 Å². The Hall–Kier alpha value is -1.08. The van der Waals surface area contributed by atoms with Gasteiger partial charge in [0, 0.05) is 12.5 Å². The number of nitrogen functional groups attached to an aromatic ring is 1. The highest BCUT2D eigenvalue weighted by molar-refractivity contribution is 7.92. The summed E-state index contributed by atoms with van der Waals surface area (Å²) in [6.07, 6.45) is 2.27. The molecular formula is C14H22N2O3S2. The lowest BCUT2D eigenvalue weighted by Crippen LogP contribution is -2.33. The summed E-state index contributed by atoms with van der Waals surface area (Å²) in [5, 5.41) is 3.81. The van der Waals surface area contributed by atoms with E-state index in [9.17, 15) is 13.2 Å². The second-order valence-corrected chi connectivity index (χ2v) is 9.32. The van der Waals surface area contributed by atoms with Crippen LogP contribution < -0.4 is 11.1 Å². The summed E-state index contributed by atoms with van der Waals surface area (Å²) in [6, 6.07) is 0. The predicted molar refractivity (Wildman–Crippen MR) is 86.9 cm³/mol. The Morgan fingerprint density at radius 2 is 2.00 bits per heavy atom. The average molecular weight is 330 g/mol. The lowest BCUT2D eigenvalue weighted by atomic mass is 9.99. The summed E-state index contributed by atoms with van der Waals surface area (Å²) in [4.78, 5) is 12.1. The van der Waals surface area contributed by atoms with Gasteiger partial charge in [-0.25, -0.2) is 8.42 Å². The molecule has 1 fully saturated rings. The second kappa shape index (κ2) is 5.28. The van der Waals surface area contributed by atoms with Gasteiger partial charge < -0.3 is 11.1 Å². The molecule has 0 radical (unpaired) electrons. The van der Waals surface area contributed by atoms with Crippen molar-refractivity contribution in [2.45, 2.75) is 51.0 Å². The molecule has 1 aromatic rings. The Labute approximate surface area is 129 Å². The van der Waals surface area contributed by atoms with E-state index >= 15 is 0 Å². The number of carbonyl (C=O) groups is 1. The topological polar surface area (TPSA) is 89.3 Å². The Morgan fingerprint density at radius 1 is 1.43 bits per heavy atom. The first kappa shape index (κ1) is 16.3. The van der Waals surface area contributed by atoms with Crippen molar-refractivity contribution < 1.29 is 13.2 Å². The van der Waals surface area contributed by atoms with Crippen LogP contribution in [-0.2, 0) is 9.84 Å². The molecule has 1 saturated carbocycles. The molecule has 0 saturated heterocycles. The van der Waals surface area contributed by atoms with Gasteiger partial charge in [0.05, 0.1) is 16.3 Å². The average Bonchev–Trinajstić information content (AvgIpc) is 3.15. The number of ketones is 1. The van der Waals surface area contributed by atoms with Crippen LogP contribution in [0.5, 0.6) is 0 Å². The van der Waals surface area contributed by atoms with Crippen LogP contribution in [0.25, 0.3) is 0 Å². The van der Waals surface area contributed by atoms with Gasteiger partial charge in [-0.2, -0.15) is 0 Å². The van der Waals surface area contributed by atoms with Crippen molar-refractivity contribution in [2.24, 2.45) is 5.92 Å². The summed E-state index contributed by atoms with van der Waals surface area (Å²) in [6.45, 7) is 7.09. The highest BCUT2D eigenvalue weighted by Gasteiger charge is 2.39. The van der Waals surface area contributed by atoms with E-state index in [1.165, 1.54) is 6.92 Å². The molecule has 5 nitrogen and oxygen atoms in total. The van der Waals surface area contributed by atoms with E-state index in [-0.39, 0.29) is 27.7 Å². The number of nitrogens with one attached hydrogen (secondary N) is 1. The minimum Gasteiger partial charge on any atom is -0.396 e. The normalized spacial score (nSPS) is 16.0. The highest BCUT2D eigenvalue weighted by Crippen LogP contribution is 2.46. The fourth-order valence-corrected chi connectivity index (χ4v) is 5.13. The first-order valence-electron chi connectivity index (χ1n) is 7.04. The number of anilines is 2. The summed E-state index contributed by atoms with van der Waals surface area (Å²) in [5.74, 6) is 0.283. The van der Waals surface area contributed by atoms with Crippen molar-refractivity contribution in [3.05, 3.63) is 4.88 Å². The first-order valence-corrected chi connectivity index (χ1v) is 9.51. The van der Waals surface area contributed by atoms with E-state index in [0.29, 0.717) is 15.8 Å². The molecule has 2 rings (SSSR count). The van der Waals surface area contributed by atoms with E-state index in [4.69, 9.17) is 5.73 Å². The predicted octanol–water partition coefficient (Wildman–Crippen LogP) is 2.93. The largest absolute Gasteiger partial charge is 0.396 e. The van der Waals surface area contributed by atoms with E-state index in [2.05, 4.69) is 19.2 Å². The second-order valence-electron chi connectivity index (χ2n) is 6.08. The standard InChI is InChI=1S/C14H22N2O3S2/c1-5-21(18,19)12-10(15)11(8(2)17)20-13(12)16-14(3,4)9-6-7-9/h9,16H,5-7,15H2,1-4H3. The van der Waals surface area contributed by atoms with Crippen molar-refractivity contribution in [3.8, 4) is 0 Å². The summed E-state index contributed by atoms with van der Waals surface area (Å²) < 4.78 is 24.7. The number of hydrogen-bond donors (Lipinski definition) is 2. The Balaban J connectivity index is 2.53. The van der Waals surface area contributed by atoms with Gasteiger partial charge in [0.15, 0.2) is 15.6 Å². The molecule has 21 heavy (non-hydrogen) atoms. The molecule has 0 unspecified atom stereocenters. The molecule has 7 heteroatoms. The van der Waals surface area contributed by atoms with Crippen molar-refractivity contribution in [3.63, 3.8) is 0 Å². The Bertz CT molecular complexity index is 671. The van der Waals surface area contributed by atoms with Gasteiger partial charge in [-0.1, -0.05) is 6.92 Å². The monoisotopic (exact) mass is 330 g/mol. The zero-order valence-electron chi connectivity index (χ0n) is 12.8. The molecule has 1 aliphatic rings. The van der Waals surface area contributed by atoms with Gasteiger partial charge in [0.2, 0.25) is 0 Å². The van der Waals surface area contributed by atoms with Gasteiger partial charge in [-0.05, 0) is 32.6 Å². The van der Waals surface area contributed by atoms with Crippen LogP contribution in [0.15, 0.2) is 4.90 Å². The minimum absolute atomic E-state index is 0.0379. The maximum atomic E-state index is 12.3. The SMILES string of the molecule is CCS(=O)(=O)c1c(NC(C)(C)C2CC2)sc(C(C)=O)c1N. The van der Waals surface area contributed by atoms with E-state index in [1.807, 2.05) is 0 Å². The van der Waals surface area contributed by atoms with E-state index < -0.39 is 9.84 Å². The van der Waals surface area contributed by atoms with Crippen LogP contribution in [0.3, 0.4) is 0 Å². The number of rotatable bonds is 6. The third-order valence-corrected chi connectivity index (χ3v) is 7.10. The van der Waals surface area contributed by atoms with Crippen LogP contribution in [0.2, 0.25) is 0 Å². The highest BCUT2D eigenvalue weighted by atomic mass is 32.2. The molecule has 1 aliphatic carbocycles. The molecule has 0 atom stereocenters. The number of Topliss-reactive ketones (excluding diaryl/α,β-unsaturated/α-hetero) is 1. The molecular weight excluding hydrogens is 308 g/mol. The van der Waals surface area contributed by atoms with Crippen molar-refractivity contribution in [1.82, 2.24) is 0 Å².